The van der Waals surface area contributed by atoms with Crippen LogP contribution in [-0.2, 0) is 4.79 Å². The normalized spacial score (nSPS) is 12.6. The fraction of sp³-hybridized carbons (Fsp3) is 0.364. The molecule has 0 spiro atoms. The van der Waals surface area contributed by atoms with Gasteiger partial charge in [0.05, 0.1) is 6.04 Å². The topological polar surface area (TPSA) is 55.1 Å². The van der Waals surface area contributed by atoms with Crippen LogP contribution in [0.2, 0.25) is 0 Å². The molecule has 0 unspecified atom stereocenters. The third-order valence-corrected chi connectivity index (χ3v) is 2.78. The van der Waals surface area contributed by atoms with Gasteiger partial charge in [-0.1, -0.05) is 19.9 Å². The summed E-state index contributed by atoms with van der Waals surface area (Å²) in [5.41, 5.74) is 6.53. The Morgan fingerprint density at radius 3 is 2.67 bits per heavy atom. The van der Waals surface area contributed by atoms with Gasteiger partial charge >= 0.3 is 0 Å². The van der Waals surface area contributed by atoms with Gasteiger partial charge in [-0.15, -0.1) is 0 Å². The molecule has 0 fully saturated rings. The largest absolute Gasteiger partial charge is 0.325 e. The lowest BCUT2D eigenvalue weighted by Gasteiger charge is -2.15. The van der Waals surface area contributed by atoms with Crippen LogP contribution in [0.4, 0.5) is 5.69 Å². The number of benzene rings is 1. The number of nitrogens with two attached hydrogens (primary N) is 1. The highest BCUT2D eigenvalue weighted by atomic mass is 127. The van der Waals surface area contributed by atoms with Crippen LogP contribution < -0.4 is 11.1 Å². The number of amides is 1. The summed E-state index contributed by atoms with van der Waals surface area (Å²) in [5.74, 6) is 0.0137. The molecule has 0 aromatic heterocycles. The highest BCUT2D eigenvalue weighted by Crippen LogP contribution is 2.13. The van der Waals surface area contributed by atoms with Crippen molar-refractivity contribution in [2.45, 2.75) is 19.9 Å². The molecular weight excluding hydrogens is 303 g/mol. The van der Waals surface area contributed by atoms with E-state index in [0.29, 0.717) is 0 Å². The Labute approximate surface area is 104 Å². The molecular formula is C11H15IN2O. The van der Waals surface area contributed by atoms with E-state index in [1.807, 2.05) is 38.1 Å². The van der Waals surface area contributed by atoms with Gasteiger partial charge in [-0.25, -0.2) is 0 Å². The summed E-state index contributed by atoms with van der Waals surface area (Å²) in [6.07, 6.45) is 0. The average Bonchev–Trinajstić information content (AvgIpc) is 2.16. The molecule has 1 rings (SSSR count). The molecule has 0 heterocycles. The Morgan fingerprint density at radius 1 is 1.47 bits per heavy atom. The summed E-state index contributed by atoms with van der Waals surface area (Å²) < 4.78 is 1.09. The van der Waals surface area contributed by atoms with Crippen molar-refractivity contribution >= 4 is 34.2 Å². The van der Waals surface area contributed by atoms with Crippen LogP contribution >= 0.6 is 22.6 Å². The molecule has 0 aliphatic rings. The Balaban J connectivity index is 2.66. The van der Waals surface area contributed by atoms with E-state index in [4.69, 9.17) is 5.73 Å². The zero-order valence-electron chi connectivity index (χ0n) is 8.83. The summed E-state index contributed by atoms with van der Waals surface area (Å²) in [6.45, 7) is 3.86. The van der Waals surface area contributed by atoms with Crippen LogP contribution in [0.25, 0.3) is 0 Å². The number of hydrogen-bond acceptors (Lipinski definition) is 2. The van der Waals surface area contributed by atoms with E-state index < -0.39 is 6.04 Å². The van der Waals surface area contributed by atoms with Gasteiger partial charge in [0.25, 0.3) is 0 Å². The molecule has 1 aromatic rings. The van der Waals surface area contributed by atoms with E-state index in [-0.39, 0.29) is 11.8 Å². The maximum absolute atomic E-state index is 11.6. The molecule has 0 aliphatic carbocycles. The van der Waals surface area contributed by atoms with Crippen LogP contribution in [0.3, 0.4) is 0 Å². The second-order valence-electron chi connectivity index (χ2n) is 3.77. The lowest BCUT2D eigenvalue weighted by atomic mass is 10.1. The zero-order valence-corrected chi connectivity index (χ0v) is 11.0. The van der Waals surface area contributed by atoms with E-state index in [9.17, 15) is 4.79 Å². The van der Waals surface area contributed by atoms with Crippen LogP contribution in [0.5, 0.6) is 0 Å². The third kappa shape index (κ3) is 3.79. The molecule has 4 heteroatoms. The van der Waals surface area contributed by atoms with Crippen molar-refractivity contribution in [3.05, 3.63) is 27.8 Å². The van der Waals surface area contributed by atoms with E-state index in [0.717, 1.165) is 9.26 Å². The van der Waals surface area contributed by atoms with Crippen LogP contribution in [0, 0.1) is 9.49 Å². The number of carbonyl (C=O) groups is 1. The zero-order chi connectivity index (χ0) is 11.4. The molecule has 0 aliphatic heterocycles. The van der Waals surface area contributed by atoms with Crippen molar-refractivity contribution in [3.63, 3.8) is 0 Å². The minimum absolute atomic E-state index is 0.132. The second-order valence-corrected chi connectivity index (χ2v) is 5.02. The first-order valence-corrected chi connectivity index (χ1v) is 5.90. The number of nitrogens with one attached hydrogen (secondary N) is 1. The third-order valence-electron chi connectivity index (χ3n) is 2.11. The predicted molar refractivity (Wildman–Crippen MR) is 70.6 cm³/mol. The standard InChI is InChI=1S/C11H15IN2O/c1-7(2)10(13)11(15)14-9-5-3-4-8(12)6-9/h3-7,10H,13H2,1-2H3,(H,14,15)/t10-/m1/s1. The first-order chi connectivity index (χ1) is 7.00. The van der Waals surface area contributed by atoms with Crippen molar-refractivity contribution in [3.8, 4) is 0 Å². The Bertz CT molecular complexity index is 352. The predicted octanol–water partition coefficient (Wildman–Crippen LogP) is 2.21. The van der Waals surface area contributed by atoms with Gasteiger partial charge in [0, 0.05) is 9.26 Å². The van der Waals surface area contributed by atoms with Gasteiger partial charge in [0.15, 0.2) is 0 Å². The molecule has 3 N–H and O–H groups in total. The van der Waals surface area contributed by atoms with Gasteiger partial charge in [-0.3, -0.25) is 4.79 Å². The van der Waals surface area contributed by atoms with Crippen LogP contribution in [-0.4, -0.2) is 11.9 Å². The molecule has 0 bridgehead atoms. The van der Waals surface area contributed by atoms with Crippen molar-refractivity contribution in [2.24, 2.45) is 11.7 Å². The molecule has 3 nitrogen and oxygen atoms in total. The fourth-order valence-corrected chi connectivity index (χ4v) is 1.64. The highest BCUT2D eigenvalue weighted by Gasteiger charge is 2.16. The van der Waals surface area contributed by atoms with Gasteiger partial charge in [0.2, 0.25) is 5.91 Å². The SMILES string of the molecule is CC(C)[C@@H](N)C(=O)Nc1cccc(I)c1. The van der Waals surface area contributed by atoms with Crippen molar-refractivity contribution in [1.82, 2.24) is 0 Å². The van der Waals surface area contributed by atoms with Gasteiger partial charge in [-0.2, -0.15) is 0 Å². The number of hydrogen-bond donors (Lipinski definition) is 2. The molecule has 1 aromatic carbocycles. The average molecular weight is 318 g/mol. The van der Waals surface area contributed by atoms with Crippen LogP contribution in [0.1, 0.15) is 13.8 Å². The van der Waals surface area contributed by atoms with Crippen molar-refractivity contribution in [1.29, 1.82) is 0 Å². The second kappa shape index (κ2) is 5.46. The summed E-state index contributed by atoms with van der Waals surface area (Å²) in [4.78, 5) is 11.6. The first-order valence-electron chi connectivity index (χ1n) is 4.82. The number of halogens is 1. The Morgan fingerprint density at radius 2 is 2.13 bits per heavy atom. The summed E-state index contributed by atoms with van der Waals surface area (Å²) in [5, 5.41) is 2.80. The Hall–Kier alpha value is -0.620. The first kappa shape index (κ1) is 12.4. The molecule has 0 saturated carbocycles. The van der Waals surface area contributed by atoms with Gasteiger partial charge in [-0.05, 0) is 46.7 Å². The van der Waals surface area contributed by atoms with E-state index >= 15 is 0 Å². The van der Waals surface area contributed by atoms with Gasteiger partial charge in [0.1, 0.15) is 0 Å². The summed E-state index contributed by atoms with van der Waals surface area (Å²) in [7, 11) is 0. The monoisotopic (exact) mass is 318 g/mol. The van der Waals surface area contributed by atoms with Crippen molar-refractivity contribution in [2.75, 3.05) is 5.32 Å². The van der Waals surface area contributed by atoms with E-state index in [2.05, 4.69) is 27.9 Å². The number of anilines is 1. The fourth-order valence-electron chi connectivity index (χ4n) is 1.09. The molecule has 0 radical (unpaired) electrons. The number of rotatable bonds is 3. The Kier molecular flexibility index (Phi) is 4.53. The quantitative estimate of drug-likeness (QED) is 0.840. The smallest absolute Gasteiger partial charge is 0.241 e. The molecule has 1 amide bonds. The molecule has 1 atom stereocenters. The summed E-state index contributed by atoms with van der Waals surface area (Å²) >= 11 is 2.20. The maximum atomic E-state index is 11.6. The molecule has 0 saturated heterocycles. The minimum Gasteiger partial charge on any atom is -0.325 e. The van der Waals surface area contributed by atoms with E-state index in [1.54, 1.807) is 0 Å². The lowest BCUT2D eigenvalue weighted by Crippen LogP contribution is -2.39. The lowest BCUT2D eigenvalue weighted by molar-refractivity contribution is -0.118. The van der Waals surface area contributed by atoms with Crippen molar-refractivity contribution < 1.29 is 4.79 Å². The molecule has 82 valence electrons. The minimum atomic E-state index is -0.456. The molecule has 15 heavy (non-hydrogen) atoms. The maximum Gasteiger partial charge on any atom is 0.241 e. The van der Waals surface area contributed by atoms with Gasteiger partial charge < -0.3 is 11.1 Å². The van der Waals surface area contributed by atoms with E-state index in [1.165, 1.54) is 0 Å². The number of carbonyl (C=O) groups excluding carboxylic acids is 1. The van der Waals surface area contributed by atoms with Crippen LogP contribution in [0.15, 0.2) is 24.3 Å². The highest BCUT2D eigenvalue weighted by molar-refractivity contribution is 14.1. The summed E-state index contributed by atoms with van der Waals surface area (Å²) in [6, 6.07) is 7.18.